The van der Waals surface area contributed by atoms with Gasteiger partial charge in [-0.1, -0.05) is 23.2 Å². The normalized spacial score (nSPS) is 11.3. The summed E-state index contributed by atoms with van der Waals surface area (Å²) in [7, 11) is -0.490. The van der Waals surface area contributed by atoms with Crippen LogP contribution >= 0.6 is 46.3 Å². The smallest absolute Gasteiger partial charge is 0.285 e. The third-order valence-electron chi connectivity index (χ3n) is 2.59. The summed E-state index contributed by atoms with van der Waals surface area (Å²) in [6.07, 6.45) is 0. The fourth-order valence-electron chi connectivity index (χ4n) is 1.50. The van der Waals surface area contributed by atoms with Crippen LogP contribution in [0.4, 0.5) is 10.5 Å². The topological polar surface area (TPSA) is 66.5 Å². The van der Waals surface area contributed by atoms with E-state index < -0.39 is 10.0 Å². The highest BCUT2D eigenvalue weighted by molar-refractivity contribution is 8.13. The second kappa shape index (κ2) is 7.31. The molecule has 2 rings (SSSR count). The van der Waals surface area contributed by atoms with Crippen molar-refractivity contribution in [2.45, 2.75) is 9.79 Å². The lowest BCUT2D eigenvalue weighted by Gasteiger charge is -2.10. The summed E-state index contributed by atoms with van der Waals surface area (Å²) in [5.74, 6) is 0. The molecule has 2 aromatic rings. The zero-order valence-corrected chi connectivity index (χ0v) is 16.0. The minimum atomic E-state index is -3.81. The van der Waals surface area contributed by atoms with Gasteiger partial charge in [-0.15, -0.1) is 11.3 Å². The Hall–Kier alpha value is -0.930. The zero-order chi connectivity index (χ0) is 17.2. The number of rotatable bonds is 4. The summed E-state index contributed by atoms with van der Waals surface area (Å²) in [5, 5.41) is -0.113. The molecule has 0 fully saturated rings. The maximum absolute atomic E-state index is 12.3. The number of carbonyl (C=O) groups is 1. The molecule has 124 valence electrons. The molecule has 1 aromatic heterocycles. The molecule has 0 aliphatic rings. The highest BCUT2D eigenvalue weighted by atomic mass is 35.5. The van der Waals surface area contributed by atoms with Gasteiger partial charge in [-0.3, -0.25) is 9.52 Å². The summed E-state index contributed by atoms with van der Waals surface area (Å²) in [6.45, 7) is 0. The van der Waals surface area contributed by atoms with Gasteiger partial charge in [0.05, 0.1) is 4.34 Å². The number of amides is 1. The van der Waals surface area contributed by atoms with Gasteiger partial charge < -0.3 is 4.90 Å². The molecule has 0 bridgehead atoms. The summed E-state index contributed by atoms with van der Waals surface area (Å²) in [5.41, 5.74) is 0.366. The second-order valence-electron chi connectivity index (χ2n) is 4.58. The maximum atomic E-state index is 12.3. The van der Waals surface area contributed by atoms with Crippen molar-refractivity contribution in [1.82, 2.24) is 4.90 Å². The van der Waals surface area contributed by atoms with Gasteiger partial charge in [0.2, 0.25) is 0 Å². The number of thiophene rings is 1. The van der Waals surface area contributed by atoms with Gasteiger partial charge in [-0.05, 0) is 42.1 Å². The van der Waals surface area contributed by atoms with Crippen LogP contribution in [-0.4, -0.2) is 32.7 Å². The Kier molecular flexibility index (Phi) is 5.85. The first kappa shape index (κ1) is 18.4. The van der Waals surface area contributed by atoms with Crippen molar-refractivity contribution in [3.63, 3.8) is 0 Å². The Morgan fingerprint density at radius 1 is 1.22 bits per heavy atom. The van der Waals surface area contributed by atoms with Gasteiger partial charge in [0, 0.05) is 24.7 Å². The van der Waals surface area contributed by atoms with E-state index in [1.165, 1.54) is 11.0 Å². The molecular formula is C13H12Cl2N2O3S3. The molecule has 1 heterocycles. The third-order valence-corrected chi connectivity index (χ3v) is 6.77. The van der Waals surface area contributed by atoms with Crippen LogP contribution in [0.3, 0.4) is 0 Å². The molecule has 1 N–H and O–H groups in total. The number of nitrogens with zero attached hydrogens (tertiary/aromatic N) is 1. The van der Waals surface area contributed by atoms with Crippen LogP contribution in [-0.2, 0) is 10.0 Å². The van der Waals surface area contributed by atoms with E-state index in [1.54, 1.807) is 38.4 Å². The minimum Gasteiger partial charge on any atom is -0.339 e. The third kappa shape index (κ3) is 4.77. The number of anilines is 1. The fourth-order valence-corrected chi connectivity index (χ4v) is 5.37. The fraction of sp³-hybridized carbons (Fsp3) is 0.154. The van der Waals surface area contributed by atoms with Gasteiger partial charge >= 0.3 is 0 Å². The number of benzene rings is 1. The molecule has 0 unspecified atom stereocenters. The first-order valence-electron chi connectivity index (χ1n) is 6.16. The van der Waals surface area contributed by atoms with Crippen LogP contribution in [0.15, 0.2) is 40.1 Å². The Morgan fingerprint density at radius 2 is 1.83 bits per heavy atom. The van der Waals surface area contributed by atoms with Crippen molar-refractivity contribution in [3.05, 3.63) is 39.0 Å². The molecule has 0 aliphatic heterocycles. The molecule has 0 radical (unpaired) electrons. The number of halogens is 2. The van der Waals surface area contributed by atoms with Crippen molar-refractivity contribution in [2.75, 3.05) is 18.8 Å². The first-order chi connectivity index (χ1) is 10.7. The standard InChI is InChI=1S/C13H12Cl2N2O3S3/c1-17(2)13(18)21-9-5-3-8(4-6-9)16-23(19,20)10-7-11(14)22-12(10)15/h3-7,16H,1-2H3. The van der Waals surface area contributed by atoms with Crippen molar-refractivity contribution in [1.29, 1.82) is 0 Å². The molecule has 1 amide bonds. The molecule has 5 nitrogen and oxygen atoms in total. The molecular weight excluding hydrogens is 399 g/mol. The Morgan fingerprint density at radius 3 is 2.30 bits per heavy atom. The molecule has 0 spiro atoms. The van der Waals surface area contributed by atoms with Gasteiger partial charge in [0.25, 0.3) is 15.3 Å². The van der Waals surface area contributed by atoms with E-state index in [4.69, 9.17) is 23.2 Å². The number of thioether (sulfide) groups is 1. The van der Waals surface area contributed by atoms with Gasteiger partial charge in [-0.2, -0.15) is 0 Å². The lowest BCUT2D eigenvalue weighted by atomic mass is 10.3. The number of carbonyl (C=O) groups excluding carboxylic acids is 1. The lowest BCUT2D eigenvalue weighted by Crippen LogP contribution is -2.16. The quantitative estimate of drug-likeness (QED) is 0.745. The molecule has 1 aromatic carbocycles. The predicted octanol–water partition coefficient (Wildman–Crippen LogP) is 4.63. The number of hydrogen-bond acceptors (Lipinski definition) is 5. The molecule has 23 heavy (non-hydrogen) atoms. The van der Waals surface area contributed by atoms with E-state index in [1.807, 2.05) is 0 Å². The predicted molar refractivity (Wildman–Crippen MR) is 96.5 cm³/mol. The lowest BCUT2D eigenvalue weighted by molar-refractivity contribution is 0.241. The summed E-state index contributed by atoms with van der Waals surface area (Å²) < 4.78 is 27.4. The summed E-state index contributed by atoms with van der Waals surface area (Å²) >= 11 is 13.7. The van der Waals surface area contributed by atoms with Gasteiger partial charge in [-0.25, -0.2) is 8.42 Å². The first-order valence-corrected chi connectivity index (χ1v) is 10.0. The minimum absolute atomic E-state index is 0.0598. The van der Waals surface area contributed by atoms with E-state index in [-0.39, 0.29) is 14.5 Å². The van der Waals surface area contributed by atoms with Crippen molar-refractivity contribution in [2.24, 2.45) is 0 Å². The zero-order valence-electron chi connectivity index (χ0n) is 12.0. The highest BCUT2D eigenvalue weighted by Gasteiger charge is 2.21. The van der Waals surface area contributed by atoms with E-state index in [0.717, 1.165) is 23.1 Å². The van der Waals surface area contributed by atoms with Crippen LogP contribution < -0.4 is 4.72 Å². The highest BCUT2D eigenvalue weighted by Crippen LogP contribution is 2.35. The van der Waals surface area contributed by atoms with Gasteiger partial charge in [0.15, 0.2) is 0 Å². The Bertz CT molecular complexity index is 817. The molecule has 0 saturated heterocycles. The number of hydrogen-bond donors (Lipinski definition) is 1. The monoisotopic (exact) mass is 410 g/mol. The van der Waals surface area contributed by atoms with Crippen molar-refractivity contribution < 1.29 is 13.2 Å². The molecule has 0 atom stereocenters. The largest absolute Gasteiger partial charge is 0.339 e. The number of sulfonamides is 1. The van der Waals surface area contributed by atoms with Crippen molar-refractivity contribution in [3.8, 4) is 0 Å². The van der Waals surface area contributed by atoms with E-state index in [0.29, 0.717) is 14.9 Å². The average molecular weight is 411 g/mol. The SMILES string of the molecule is CN(C)C(=O)Sc1ccc(NS(=O)(=O)c2cc(Cl)sc2Cl)cc1. The molecule has 0 saturated carbocycles. The summed E-state index contributed by atoms with van der Waals surface area (Å²) in [4.78, 5) is 13.7. The molecule has 0 aliphatic carbocycles. The van der Waals surface area contributed by atoms with E-state index in [9.17, 15) is 13.2 Å². The van der Waals surface area contributed by atoms with Crippen LogP contribution in [0.1, 0.15) is 0 Å². The number of nitrogens with one attached hydrogen (secondary N) is 1. The van der Waals surface area contributed by atoms with Crippen molar-refractivity contribution >= 4 is 67.3 Å². The second-order valence-corrected chi connectivity index (χ2v) is 9.54. The Balaban J connectivity index is 2.14. The van der Waals surface area contributed by atoms with Crippen LogP contribution in [0.25, 0.3) is 0 Å². The Labute approximate surface area is 152 Å². The van der Waals surface area contributed by atoms with E-state index >= 15 is 0 Å². The average Bonchev–Trinajstić information content (AvgIpc) is 2.80. The van der Waals surface area contributed by atoms with E-state index in [2.05, 4.69) is 4.72 Å². The maximum Gasteiger partial charge on any atom is 0.285 e. The molecule has 10 heteroatoms. The van der Waals surface area contributed by atoms with Crippen LogP contribution in [0.5, 0.6) is 0 Å². The summed E-state index contributed by atoms with van der Waals surface area (Å²) in [6, 6.07) is 7.77. The van der Waals surface area contributed by atoms with Crippen LogP contribution in [0, 0.1) is 0 Å². The van der Waals surface area contributed by atoms with Gasteiger partial charge in [0.1, 0.15) is 9.23 Å². The van der Waals surface area contributed by atoms with Crippen LogP contribution in [0.2, 0.25) is 8.67 Å².